The van der Waals surface area contributed by atoms with Crippen LogP contribution in [0.25, 0.3) is 0 Å². The van der Waals surface area contributed by atoms with Gasteiger partial charge in [-0.2, -0.15) is 0 Å². The fraction of sp³-hybridized carbons (Fsp3) is 0.933. The highest BCUT2D eigenvalue weighted by Gasteiger charge is 2.45. The molecule has 0 bridgehead atoms. The van der Waals surface area contributed by atoms with Gasteiger partial charge in [0.15, 0.2) is 0 Å². The maximum atomic E-state index is 12.4. The van der Waals surface area contributed by atoms with Crippen LogP contribution < -0.4 is 5.32 Å². The highest BCUT2D eigenvalue weighted by molar-refractivity contribution is 5.84. The van der Waals surface area contributed by atoms with E-state index >= 15 is 0 Å². The summed E-state index contributed by atoms with van der Waals surface area (Å²) in [5, 5.41) is 3.49. The van der Waals surface area contributed by atoms with Crippen molar-refractivity contribution in [2.24, 2.45) is 17.8 Å². The minimum Gasteiger partial charge on any atom is -0.326 e. The smallest absolute Gasteiger partial charge is 0.241 e. The maximum absolute atomic E-state index is 12.4. The summed E-state index contributed by atoms with van der Waals surface area (Å²) in [6.45, 7) is 5.31. The Morgan fingerprint density at radius 2 is 1.78 bits per heavy atom. The van der Waals surface area contributed by atoms with E-state index < -0.39 is 0 Å². The Labute approximate surface area is 110 Å². The molecule has 3 rings (SSSR count). The van der Waals surface area contributed by atoms with Crippen molar-refractivity contribution in [1.29, 1.82) is 0 Å². The third-order valence-electron chi connectivity index (χ3n) is 5.01. The van der Waals surface area contributed by atoms with Crippen molar-refractivity contribution in [3.8, 4) is 0 Å². The molecule has 2 unspecified atom stereocenters. The van der Waals surface area contributed by atoms with Crippen LogP contribution in [0.3, 0.4) is 0 Å². The molecule has 1 amide bonds. The molecule has 1 heterocycles. The first-order valence-electron chi connectivity index (χ1n) is 7.81. The van der Waals surface area contributed by atoms with Crippen LogP contribution in [0.5, 0.6) is 0 Å². The highest BCUT2D eigenvalue weighted by atomic mass is 16.2. The molecule has 2 aliphatic carbocycles. The van der Waals surface area contributed by atoms with Crippen molar-refractivity contribution >= 4 is 5.91 Å². The summed E-state index contributed by atoms with van der Waals surface area (Å²) in [5.74, 6) is 3.03. The molecule has 3 nitrogen and oxygen atoms in total. The number of hydrogen-bond acceptors (Lipinski definition) is 2. The van der Waals surface area contributed by atoms with Crippen LogP contribution in [0, 0.1) is 17.8 Å². The Morgan fingerprint density at radius 1 is 1.17 bits per heavy atom. The van der Waals surface area contributed by atoms with E-state index in [4.69, 9.17) is 0 Å². The predicted octanol–water partition coefficient (Wildman–Crippen LogP) is 2.37. The molecule has 0 aromatic heterocycles. The monoisotopic (exact) mass is 250 g/mol. The van der Waals surface area contributed by atoms with E-state index in [-0.39, 0.29) is 6.04 Å². The van der Waals surface area contributed by atoms with Gasteiger partial charge in [0.05, 0.1) is 12.2 Å². The van der Waals surface area contributed by atoms with Crippen LogP contribution in [0.4, 0.5) is 0 Å². The number of nitrogens with zero attached hydrogens (tertiary/aromatic N) is 1. The Hall–Kier alpha value is -0.570. The summed E-state index contributed by atoms with van der Waals surface area (Å²) < 4.78 is 0. The van der Waals surface area contributed by atoms with Crippen molar-refractivity contribution in [1.82, 2.24) is 10.2 Å². The largest absolute Gasteiger partial charge is 0.326 e. The second-order valence-corrected chi connectivity index (χ2v) is 6.38. The lowest BCUT2D eigenvalue weighted by Gasteiger charge is -2.28. The van der Waals surface area contributed by atoms with Crippen LogP contribution in [0.1, 0.15) is 52.4 Å². The van der Waals surface area contributed by atoms with Gasteiger partial charge in [0.2, 0.25) is 5.91 Å². The lowest BCUT2D eigenvalue weighted by molar-refractivity contribution is -0.130. The van der Waals surface area contributed by atoms with E-state index in [1.165, 1.54) is 25.7 Å². The zero-order valence-electron chi connectivity index (χ0n) is 11.7. The molecule has 1 aliphatic heterocycles. The van der Waals surface area contributed by atoms with Gasteiger partial charge < -0.3 is 4.90 Å². The second kappa shape index (κ2) is 4.84. The van der Waals surface area contributed by atoms with Crippen LogP contribution >= 0.6 is 0 Å². The lowest BCUT2D eigenvalue weighted by atomic mass is 9.97. The Morgan fingerprint density at radius 3 is 2.22 bits per heavy atom. The zero-order valence-corrected chi connectivity index (χ0v) is 11.7. The van der Waals surface area contributed by atoms with E-state index in [0.717, 1.165) is 37.1 Å². The SMILES string of the molecule is CCC1NC(CC)N(CC(C2CC2)C2CC2)C1=O. The summed E-state index contributed by atoms with van der Waals surface area (Å²) in [7, 11) is 0. The standard InChI is InChI=1S/C15H26N2O/c1-3-13-15(18)17(14(4-2)16-13)9-12(10-5-6-10)11-7-8-11/h10-14,16H,3-9H2,1-2H3. The Balaban J connectivity index is 1.67. The quantitative estimate of drug-likeness (QED) is 0.785. The van der Waals surface area contributed by atoms with Crippen molar-refractivity contribution in [2.75, 3.05) is 6.54 Å². The number of nitrogens with one attached hydrogen (secondary N) is 1. The molecule has 3 heteroatoms. The molecule has 3 aliphatic rings. The van der Waals surface area contributed by atoms with Gasteiger partial charge >= 0.3 is 0 Å². The van der Waals surface area contributed by atoms with Gasteiger partial charge in [0.25, 0.3) is 0 Å². The van der Waals surface area contributed by atoms with Crippen molar-refractivity contribution < 1.29 is 4.79 Å². The third kappa shape index (κ3) is 2.29. The molecule has 1 N–H and O–H groups in total. The summed E-state index contributed by atoms with van der Waals surface area (Å²) in [6.07, 6.45) is 7.88. The fourth-order valence-electron chi connectivity index (χ4n) is 3.55. The number of rotatable bonds is 6. The minimum absolute atomic E-state index is 0.0778. The third-order valence-corrected chi connectivity index (χ3v) is 5.01. The Kier molecular flexibility index (Phi) is 3.35. The molecule has 2 atom stereocenters. The molecule has 3 fully saturated rings. The first kappa shape index (κ1) is 12.5. The van der Waals surface area contributed by atoms with Gasteiger partial charge in [-0.1, -0.05) is 13.8 Å². The first-order valence-corrected chi connectivity index (χ1v) is 7.81. The number of carbonyl (C=O) groups excluding carboxylic acids is 1. The van der Waals surface area contributed by atoms with E-state index in [2.05, 4.69) is 24.1 Å². The van der Waals surface area contributed by atoms with E-state index in [1.807, 2.05) is 0 Å². The summed E-state index contributed by atoms with van der Waals surface area (Å²) >= 11 is 0. The minimum atomic E-state index is 0.0778. The van der Waals surface area contributed by atoms with E-state index in [9.17, 15) is 4.79 Å². The van der Waals surface area contributed by atoms with Crippen LogP contribution in [-0.4, -0.2) is 29.6 Å². The van der Waals surface area contributed by atoms with Crippen LogP contribution in [-0.2, 0) is 4.79 Å². The maximum Gasteiger partial charge on any atom is 0.241 e. The van der Waals surface area contributed by atoms with Crippen molar-refractivity contribution in [3.63, 3.8) is 0 Å². The summed E-state index contributed by atoms with van der Waals surface area (Å²) in [6, 6.07) is 0.0778. The average molecular weight is 250 g/mol. The molecule has 0 spiro atoms. The summed E-state index contributed by atoms with van der Waals surface area (Å²) in [4.78, 5) is 14.6. The molecule has 102 valence electrons. The molecule has 0 aromatic rings. The van der Waals surface area contributed by atoms with Crippen molar-refractivity contribution in [2.45, 2.75) is 64.6 Å². The molecule has 18 heavy (non-hydrogen) atoms. The van der Waals surface area contributed by atoms with Crippen LogP contribution in [0.2, 0.25) is 0 Å². The van der Waals surface area contributed by atoms with Gasteiger partial charge in [0.1, 0.15) is 0 Å². The van der Waals surface area contributed by atoms with Gasteiger partial charge in [-0.25, -0.2) is 0 Å². The molecule has 0 aromatic carbocycles. The van der Waals surface area contributed by atoms with E-state index in [0.29, 0.717) is 12.1 Å². The first-order chi connectivity index (χ1) is 8.74. The fourth-order valence-corrected chi connectivity index (χ4v) is 3.55. The summed E-state index contributed by atoms with van der Waals surface area (Å²) in [5.41, 5.74) is 0. The highest BCUT2D eigenvalue weighted by Crippen LogP contribution is 2.49. The van der Waals surface area contributed by atoms with Crippen molar-refractivity contribution in [3.05, 3.63) is 0 Å². The molecule has 2 saturated carbocycles. The van der Waals surface area contributed by atoms with Crippen LogP contribution in [0.15, 0.2) is 0 Å². The molecule has 1 saturated heterocycles. The number of hydrogen-bond donors (Lipinski definition) is 1. The predicted molar refractivity (Wildman–Crippen MR) is 71.9 cm³/mol. The molecule has 0 radical (unpaired) electrons. The lowest BCUT2D eigenvalue weighted by Crippen LogP contribution is -2.41. The van der Waals surface area contributed by atoms with Gasteiger partial charge in [-0.15, -0.1) is 0 Å². The molecular formula is C15H26N2O. The normalized spacial score (nSPS) is 32.6. The van der Waals surface area contributed by atoms with Gasteiger partial charge in [-0.3, -0.25) is 10.1 Å². The topological polar surface area (TPSA) is 32.3 Å². The average Bonchev–Trinajstić information content (AvgIpc) is 3.26. The van der Waals surface area contributed by atoms with E-state index in [1.54, 1.807) is 0 Å². The van der Waals surface area contributed by atoms with Gasteiger partial charge in [0, 0.05) is 6.54 Å². The zero-order chi connectivity index (χ0) is 12.7. The number of carbonyl (C=O) groups is 1. The van der Waals surface area contributed by atoms with Gasteiger partial charge in [-0.05, 0) is 56.3 Å². The molecular weight excluding hydrogens is 224 g/mol. The second-order valence-electron chi connectivity index (χ2n) is 6.38. The Bertz CT molecular complexity index is 310. The number of amides is 1.